The molecule has 1 N–H and O–H groups in total. The number of hydrogen-bond acceptors (Lipinski definition) is 4. The third-order valence-corrected chi connectivity index (χ3v) is 5.31. The average Bonchev–Trinajstić information content (AvgIpc) is 3.22. The quantitative estimate of drug-likeness (QED) is 0.891. The molecule has 1 unspecified atom stereocenters. The molecular formula is C15H21N5O2S. The predicted molar refractivity (Wildman–Crippen MR) is 90.6 cm³/mol. The van der Waals surface area contributed by atoms with Crippen molar-refractivity contribution in [2.75, 3.05) is 31.6 Å². The summed E-state index contributed by atoms with van der Waals surface area (Å²) >= 11 is -1.54. The van der Waals surface area contributed by atoms with Gasteiger partial charge in [0.25, 0.3) is 5.91 Å². The molecule has 3 rings (SSSR count). The summed E-state index contributed by atoms with van der Waals surface area (Å²) in [5, 5.41) is 4.20. The van der Waals surface area contributed by atoms with E-state index in [9.17, 15) is 9.00 Å². The first kappa shape index (κ1) is 15.9. The molecule has 0 bridgehead atoms. The van der Waals surface area contributed by atoms with Gasteiger partial charge in [0.2, 0.25) is 0 Å². The summed E-state index contributed by atoms with van der Waals surface area (Å²) in [7, 11) is 1.69. The molecule has 1 fully saturated rings. The van der Waals surface area contributed by atoms with Gasteiger partial charge in [0, 0.05) is 38.6 Å². The number of carbonyl (C=O) groups is 1. The Morgan fingerprint density at radius 3 is 2.87 bits per heavy atom. The molecule has 1 amide bonds. The Kier molecular flexibility index (Phi) is 4.63. The second-order valence-corrected chi connectivity index (χ2v) is 6.92. The van der Waals surface area contributed by atoms with E-state index in [1.165, 1.54) is 19.0 Å². The highest BCUT2D eigenvalue weighted by Crippen LogP contribution is 2.23. The van der Waals surface area contributed by atoms with Crippen molar-refractivity contribution in [3.63, 3.8) is 0 Å². The van der Waals surface area contributed by atoms with Crippen LogP contribution in [0.3, 0.4) is 0 Å². The fraction of sp³-hybridized carbons (Fsp3) is 0.467. The van der Waals surface area contributed by atoms with Crippen LogP contribution in [0.15, 0.2) is 24.5 Å². The highest BCUT2D eigenvalue weighted by molar-refractivity contribution is 7.81. The highest BCUT2D eigenvalue weighted by Gasteiger charge is 2.18. The van der Waals surface area contributed by atoms with E-state index < -0.39 is 11.2 Å². The van der Waals surface area contributed by atoms with Gasteiger partial charge >= 0.3 is 0 Å². The number of carbonyl (C=O) groups excluding carboxylic acids is 1. The molecule has 2 aromatic rings. The van der Waals surface area contributed by atoms with Gasteiger partial charge in [-0.05, 0) is 25.0 Å². The summed E-state index contributed by atoms with van der Waals surface area (Å²) in [6.07, 6.45) is 5.76. The van der Waals surface area contributed by atoms with Crippen LogP contribution in [0.2, 0.25) is 0 Å². The normalized spacial score (nSPS) is 16.2. The smallest absolute Gasteiger partial charge is 0.267 e. The zero-order valence-electron chi connectivity index (χ0n) is 13.4. The summed E-state index contributed by atoms with van der Waals surface area (Å²) in [6.45, 7) is 4.54. The number of nitrogens with zero attached hydrogens (tertiary/aromatic N) is 4. The van der Waals surface area contributed by atoms with Crippen LogP contribution in [-0.4, -0.2) is 50.7 Å². The molecule has 0 radical (unpaired) electrons. The maximum absolute atomic E-state index is 12.4. The average molecular weight is 335 g/mol. The van der Waals surface area contributed by atoms with Gasteiger partial charge in [0.1, 0.15) is 0 Å². The maximum atomic E-state index is 12.4. The van der Waals surface area contributed by atoms with Gasteiger partial charge < -0.3 is 4.90 Å². The zero-order valence-corrected chi connectivity index (χ0v) is 14.2. The molecule has 1 saturated heterocycles. The van der Waals surface area contributed by atoms with Crippen LogP contribution in [0.25, 0.3) is 5.52 Å². The van der Waals surface area contributed by atoms with E-state index in [-0.39, 0.29) is 5.91 Å². The fourth-order valence-electron chi connectivity index (χ4n) is 2.65. The lowest BCUT2D eigenvalue weighted by molar-refractivity contribution is 0.0983. The fourth-order valence-corrected chi connectivity index (χ4v) is 3.30. The minimum atomic E-state index is -1.54. The molecular weight excluding hydrogens is 314 g/mol. The molecule has 0 saturated carbocycles. The topological polar surface area (TPSA) is 70.0 Å². The highest BCUT2D eigenvalue weighted by atomic mass is 32.2. The molecule has 0 spiro atoms. The molecule has 1 aliphatic heterocycles. The van der Waals surface area contributed by atoms with Crippen LogP contribution in [0.5, 0.6) is 0 Å². The summed E-state index contributed by atoms with van der Waals surface area (Å²) in [5.41, 5.74) is 2.25. The lowest BCUT2D eigenvalue weighted by Crippen LogP contribution is -2.36. The van der Waals surface area contributed by atoms with Gasteiger partial charge in [0.15, 0.2) is 11.2 Å². The van der Waals surface area contributed by atoms with Crippen LogP contribution in [0.4, 0.5) is 5.69 Å². The second kappa shape index (κ2) is 6.67. The van der Waals surface area contributed by atoms with Crippen LogP contribution in [-0.2, 0) is 11.2 Å². The summed E-state index contributed by atoms with van der Waals surface area (Å²) in [5.74, 6) is -0.378. The Balaban J connectivity index is 1.86. The van der Waals surface area contributed by atoms with Crippen LogP contribution < -0.4 is 9.62 Å². The SMILES string of the molecule is CCN(C)S(=O)NC(=O)c1cnn2ccc(N3CCCC3)cc12. The van der Waals surface area contributed by atoms with E-state index in [1.807, 2.05) is 25.3 Å². The van der Waals surface area contributed by atoms with Gasteiger partial charge in [-0.1, -0.05) is 6.92 Å². The monoisotopic (exact) mass is 335 g/mol. The van der Waals surface area contributed by atoms with E-state index in [1.54, 1.807) is 15.9 Å². The summed E-state index contributed by atoms with van der Waals surface area (Å²) < 4.78 is 17.7. The van der Waals surface area contributed by atoms with E-state index in [0.29, 0.717) is 12.1 Å². The van der Waals surface area contributed by atoms with Gasteiger partial charge in [-0.2, -0.15) is 5.10 Å². The number of nitrogens with one attached hydrogen (secondary N) is 1. The Labute approximate surface area is 138 Å². The van der Waals surface area contributed by atoms with Crippen molar-refractivity contribution in [1.29, 1.82) is 0 Å². The third kappa shape index (κ3) is 3.23. The first-order chi connectivity index (χ1) is 11.1. The number of pyridine rings is 1. The van der Waals surface area contributed by atoms with Crippen molar-refractivity contribution in [3.8, 4) is 0 Å². The Hall–Kier alpha value is -1.93. The molecule has 8 heteroatoms. The van der Waals surface area contributed by atoms with Gasteiger partial charge in [-0.25, -0.2) is 13.0 Å². The first-order valence-corrected chi connectivity index (χ1v) is 8.87. The molecule has 23 heavy (non-hydrogen) atoms. The van der Waals surface area contributed by atoms with E-state index >= 15 is 0 Å². The molecule has 1 aliphatic rings. The van der Waals surface area contributed by atoms with Crippen molar-refractivity contribution in [1.82, 2.24) is 18.6 Å². The van der Waals surface area contributed by atoms with Crippen LogP contribution in [0.1, 0.15) is 30.1 Å². The number of rotatable bonds is 5. The van der Waals surface area contributed by atoms with Gasteiger partial charge in [-0.15, -0.1) is 0 Å². The second-order valence-electron chi connectivity index (χ2n) is 5.59. The van der Waals surface area contributed by atoms with E-state index in [4.69, 9.17) is 0 Å². The number of aromatic nitrogens is 2. The van der Waals surface area contributed by atoms with E-state index in [0.717, 1.165) is 24.3 Å². The van der Waals surface area contributed by atoms with Crippen molar-refractivity contribution >= 4 is 28.3 Å². The molecule has 0 aromatic carbocycles. The molecule has 0 aliphatic carbocycles. The Bertz CT molecular complexity index is 739. The third-order valence-electron chi connectivity index (χ3n) is 4.13. The summed E-state index contributed by atoms with van der Waals surface area (Å²) in [4.78, 5) is 14.7. The maximum Gasteiger partial charge on any atom is 0.267 e. The standard InChI is InChI=1S/C15H21N5O2S/c1-3-18(2)23(22)17-15(21)13-11-16-20-9-6-12(10-14(13)20)19-7-4-5-8-19/h6,9-11H,3-5,7-8H2,1-2H3,(H,17,21). The lowest BCUT2D eigenvalue weighted by atomic mass is 10.2. The Morgan fingerprint density at radius 1 is 1.43 bits per heavy atom. The number of amides is 1. The molecule has 7 nitrogen and oxygen atoms in total. The van der Waals surface area contributed by atoms with Crippen molar-refractivity contribution in [3.05, 3.63) is 30.1 Å². The lowest BCUT2D eigenvalue weighted by Gasteiger charge is -2.17. The van der Waals surface area contributed by atoms with Crippen molar-refractivity contribution in [2.45, 2.75) is 19.8 Å². The largest absolute Gasteiger partial charge is 0.371 e. The predicted octanol–water partition coefficient (Wildman–Crippen LogP) is 1.19. The molecule has 3 heterocycles. The molecule has 2 aromatic heterocycles. The van der Waals surface area contributed by atoms with Gasteiger partial charge in [-0.3, -0.25) is 9.52 Å². The molecule has 1 atom stereocenters. The van der Waals surface area contributed by atoms with Crippen molar-refractivity contribution in [2.24, 2.45) is 0 Å². The van der Waals surface area contributed by atoms with Crippen molar-refractivity contribution < 1.29 is 9.00 Å². The van der Waals surface area contributed by atoms with E-state index in [2.05, 4.69) is 14.7 Å². The Morgan fingerprint density at radius 2 is 2.17 bits per heavy atom. The van der Waals surface area contributed by atoms with Crippen LogP contribution in [0, 0.1) is 0 Å². The number of fused-ring (bicyclic) bond motifs is 1. The zero-order chi connectivity index (χ0) is 16.4. The van der Waals surface area contributed by atoms with Crippen LogP contribution >= 0.6 is 0 Å². The first-order valence-electron chi connectivity index (χ1n) is 7.76. The minimum Gasteiger partial charge on any atom is -0.371 e. The number of anilines is 1. The summed E-state index contributed by atoms with van der Waals surface area (Å²) in [6, 6.07) is 3.98. The van der Waals surface area contributed by atoms with Gasteiger partial charge in [0.05, 0.1) is 17.3 Å². The number of hydrogen-bond donors (Lipinski definition) is 1. The minimum absolute atomic E-state index is 0.378. The molecule has 124 valence electrons.